The molecular formula is C17H17N3O4. The molecule has 2 aliphatic heterocycles. The molecule has 0 bridgehead atoms. The summed E-state index contributed by atoms with van der Waals surface area (Å²) in [5.74, 6) is 1.57. The van der Waals surface area contributed by atoms with Crippen LogP contribution in [0, 0.1) is 0 Å². The second kappa shape index (κ2) is 6.35. The summed E-state index contributed by atoms with van der Waals surface area (Å²) < 4.78 is 17.0. The van der Waals surface area contributed by atoms with Gasteiger partial charge in [-0.15, -0.1) is 0 Å². The average Bonchev–Trinajstić information content (AvgIpc) is 3.10. The lowest BCUT2D eigenvalue weighted by molar-refractivity contribution is 0.0760. The van der Waals surface area contributed by atoms with Crippen molar-refractivity contribution in [2.24, 2.45) is 0 Å². The molecule has 24 heavy (non-hydrogen) atoms. The van der Waals surface area contributed by atoms with Gasteiger partial charge in [-0.2, -0.15) is 0 Å². The zero-order valence-electron chi connectivity index (χ0n) is 13.1. The standard InChI is InChI=1S/C17H17N3O4/c21-17(13-2-1-3-14-16(13)23-9-8-22-14)20-7-4-12(11-20)24-15-10-18-5-6-19-15/h1-3,5-6,10,12H,4,7-9,11H2. The topological polar surface area (TPSA) is 73.8 Å². The van der Waals surface area contributed by atoms with Crippen LogP contribution in [-0.2, 0) is 0 Å². The first-order valence-electron chi connectivity index (χ1n) is 7.92. The van der Waals surface area contributed by atoms with Gasteiger partial charge in [0.2, 0.25) is 5.88 Å². The summed E-state index contributed by atoms with van der Waals surface area (Å²) in [6.45, 7) is 2.10. The van der Waals surface area contributed by atoms with E-state index in [1.165, 1.54) is 0 Å². The van der Waals surface area contributed by atoms with E-state index in [1.54, 1.807) is 29.6 Å². The van der Waals surface area contributed by atoms with Crippen molar-refractivity contribution in [1.82, 2.24) is 14.9 Å². The van der Waals surface area contributed by atoms with Crippen LogP contribution < -0.4 is 14.2 Å². The van der Waals surface area contributed by atoms with E-state index >= 15 is 0 Å². The molecule has 1 aromatic carbocycles. The molecule has 1 saturated heterocycles. The van der Waals surface area contributed by atoms with Crippen molar-refractivity contribution < 1.29 is 19.0 Å². The predicted molar refractivity (Wildman–Crippen MR) is 84.4 cm³/mol. The van der Waals surface area contributed by atoms with Crippen LogP contribution in [0.4, 0.5) is 0 Å². The fraction of sp³-hybridized carbons (Fsp3) is 0.353. The van der Waals surface area contributed by atoms with Crippen molar-refractivity contribution in [3.05, 3.63) is 42.4 Å². The second-order valence-electron chi connectivity index (χ2n) is 5.65. The number of hydrogen-bond donors (Lipinski definition) is 0. The number of carbonyl (C=O) groups is 1. The van der Waals surface area contributed by atoms with Crippen molar-refractivity contribution in [2.75, 3.05) is 26.3 Å². The van der Waals surface area contributed by atoms with Gasteiger partial charge in [0.05, 0.1) is 18.3 Å². The predicted octanol–water partition coefficient (Wildman–Crippen LogP) is 1.54. The third-order valence-electron chi connectivity index (χ3n) is 4.06. The van der Waals surface area contributed by atoms with Gasteiger partial charge in [-0.25, -0.2) is 4.98 Å². The maximum absolute atomic E-state index is 12.8. The van der Waals surface area contributed by atoms with E-state index in [4.69, 9.17) is 14.2 Å². The number of ether oxygens (including phenoxy) is 3. The quantitative estimate of drug-likeness (QED) is 0.851. The molecule has 1 amide bonds. The number of aromatic nitrogens is 2. The average molecular weight is 327 g/mol. The first-order valence-corrected chi connectivity index (χ1v) is 7.92. The lowest BCUT2D eigenvalue weighted by Crippen LogP contribution is -2.32. The van der Waals surface area contributed by atoms with Gasteiger partial charge < -0.3 is 19.1 Å². The summed E-state index contributed by atoms with van der Waals surface area (Å²) in [5.41, 5.74) is 0.535. The Kier molecular flexibility index (Phi) is 3.90. The molecule has 7 heteroatoms. The van der Waals surface area contributed by atoms with Crippen LogP contribution in [0.1, 0.15) is 16.8 Å². The minimum absolute atomic E-state index is 0.0670. The Bertz CT molecular complexity index is 738. The maximum Gasteiger partial charge on any atom is 0.257 e. The molecular weight excluding hydrogens is 310 g/mol. The summed E-state index contributed by atoms with van der Waals surface area (Å²) in [5, 5.41) is 0. The highest BCUT2D eigenvalue weighted by Gasteiger charge is 2.31. The number of benzene rings is 1. The van der Waals surface area contributed by atoms with Crippen LogP contribution in [-0.4, -0.2) is 53.2 Å². The number of carbonyl (C=O) groups excluding carboxylic acids is 1. The maximum atomic E-state index is 12.8. The van der Waals surface area contributed by atoms with Gasteiger partial charge >= 0.3 is 0 Å². The number of para-hydroxylation sites is 1. The third-order valence-corrected chi connectivity index (χ3v) is 4.06. The molecule has 0 N–H and O–H groups in total. The Morgan fingerprint density at radius 3 is 3.04 bits per heavy atom. The van der Waals surface area contributed by atoms with Crippen molar-refractivity contribution >= 4 is 5.91 Å². The molecule has 7 nitrogen and oxygen atoms in total. The molecule has 0 aliphatic carbocycles. The highest BCUT2D eigenvalue weighted by molar-refractivity contribution is 5.98. The van der Waals surface area contributed by atoms with Crippen molar-refractivity contribution in [1.29, 1.82) is 0 Å². The summed E-state index contributed by atoms with van der Waals surface area (Å²) in [6.07, 6.45) is 5.43. The van der Waals surface area contributed by atoms with Crippen molar-refractivity contribution in [2.45, 2.75) is 12.5 Å². The molecule has 2 aliphatic rings. The monoisotopic (exact) mass is 327 g/mol. The molecule has 0 radical (unpaired) electrons. The van der Waals surface area contributed by atoms with Crippen LogP contribution in [0.15, 0.2) is 36.8 Å². The highest BCUT2D eigenvalue weighted by Crippen LogP contribution is 2.34. The minimum atomic E-state index is -0.0812. The molecule has 0 spiro atoms. The largest absolute Gasteiger partial charge is 0.486 e. The van der Waals surface area contributed by atoms with Gasteiger partial charge in [0.15, 0.2) is 11.5 Å². The van der Waals surface area contributed by atoms with Gasteiger partial charge in [0.25, 0.3) is 5.91 Å². The fourth-order valence-electron chi connectivity index (χ4n) is 2.94. The Balaban J connectivity index is 1.46. The molecule has 1 unspecified atom stereocenters. The Hall–Kier alpha value is -2.83. The van der Waals surface area contributed by atoms with Crippen molar-refractivity contribution in [3.8, 4) is 17.4 Å². The van der Waals surface area contributed by atoms with Crippen LogP contribution in [0.2, 0.25) is 0 Å². The SMILES string of the molecule is O=C(c1cccc2c1OCCO2)N1CCC(Oc2cnccn2)C1. The van der Waals surface area contributed by atoms with Crippen LogP contribution in [0.3, 0.4) is 0 Å². The van der Waals surface area contributed by atoms with Gasteiger partial charge in [-0.3, -0.25) is 9.78 Å². The number of rotatable bonds is 3. The molecule has 2 aromatic rings. The van der Waals surface area contributed by atoms with Gasteiger partial charge in [-0.05, 0) is 12.1 Å². The number of fused-ring (bicyclic) bond motifs is 1. The minimum Gasteiger partial charge on any atom is -0.486 e. The van der Waals surface area contributed by atoms with Crippen molar-refractivity contribution in [3.63, 3.8) is 0 Å². The third kappa shape index (κ3) is 2.84. The summed E-state index contributed by atoms with van der Waals surface area (Å²) in [7, 11) is 0. The Morgan fingerprint density at radius 2 is 2.17 bits per heavy atom. The van der Waals surface area contributed by atoms with E-state index in [1.807, 2.05) is 12.1 Å². The van der Waals surface area contributed by atoms with Crippen LogP contribution in [0.5, 0.6) is 17.4 Å². The second-order valence-corrected chi connectivity index (χ2v) is 5.65. The summed E-state index contributed by atoms with van der Waals surface area (Å²) in [4.78, 5) is 22.7. The molecule has 124 valence electrons. The smallest absolute Gasteiger partial charge is 0.257 e. The number of nitrogens with zero attached hydrogens (tertiary/aromatic N) is 3. The first kappa shape index (κ1) is 14.7. The zero-order valence-corrected chi connectivity index (χ0v) is 13.1. The van der Waals surface area contributed by atoms with E-state index in [0.717, 1.165) is 6.42 Å². The summed E-state index contributed by atoms with van der Waals surface area (Å²) in [6, 6.07) is 5.40. The number of likely N-dealkylation sites (tertiary alicyclic amines) is 1. The van der Waals surface area contributed by atoms with E-state index in [2.05, 4.69) is 9.97 Å². The van der Waals surface area contributed by atoms with Crippen LogP contribution >= 0.6 is 0 Å². The Morgan fingerprint density at radius 1 is 1.25 bits per heavy atom. The first-order chi connectivity index (χ1) is 11.8. The lowest BCUT2D eigenvalue weighted by Gasteiger charge is -2.23. The highest BCUT2D eigenvalue weighted by atomic mass is 16.6. The summed E-state index contributed by atoms with van der Waals surface area (Å²) >= 11 is 0. The molecule has 0 saturated carbocycles. The molecule has 1 aromatic heterocycles. The Labute approximate surface area is 139 Å². The van der Waals surface area contributed by atoms with E-state index in [0.29, 0.717) is 49.2 Å². The van der Waals surface area contributed by atoms with E-state index in [-0.39, 0.29) is 12.0 Å². The molecule has 1 atom stereocenters. The molecule has 1 fully saturated rings. The fourth-order valence-corrected chi connectivity index (χ4v) is 2.94. The van der Waals surface area contributed by atoms with Gasteiger partial charge in [0.1, 0.15) is 19.3 Å². The van der Waals surface area contributed by atoms with Crippen LogP contribution in [0.25, 0.3) is 0 Å². The van der Waals surface area contributed by atoms with Gasteiger partial charge in [0, 0.05) is 25.4 Å². The number of hydrogen-bond acceptors (Lipinski definition) is 6. The molecule has 4 rings (SSSR count). The van der Waals surface area contributed by atoms with E-state index < -0.39 is 0 Å². The number of amides is 1. The lowest BCUT2D eigenvalue weighted by atomic mass is 10.1. The normalized spacial score (nSPS) is 19.2. The zero-order chi connectivity index (χ0) is 16.4. The van der Waals surface area contributed by atoms with Gasteiger partial charge in [-0.1, -0.05) is 6.07 Å². The molecule has 3 heterocycles. The van der Waals surface area contributed by atoms with E-state index in [9.17, 15) is 4.79 Å².